The molecule has 1 heterocycles. The molecule has 1 aliphatic heterocycles. The summed E-state index contributed by atoms with van der Waals surface area (Å²) >= 11 is 0. The minimum Gasteiger partial charge on any atom is -0.326 e. The second-order valence-electron chi connectivity index (χ2n) is 3.49. The minimum atomic E-state index is 0.276. The summed E-state index contributed by atoms with van der Waals surface area (Å²) in [5.74, 6) is 0.276. The van der Waals surface area contributed by atoms with E-state index in [1.807, 2.05) is 11.9 Å². The molecule has 1 unspecified atom stereocenters. The Morgan fingerprint density at radius 3 is 2.67 bits per heavy atom. The van der Waals surface area contributed by atoms with Crippen LogP contribution < -0.4 is 0 Å². The summed E-state index contributed by atoms with van der Waals surface area (Å²) in [6.07, 6.45) is 2.56. The lowest BCUT2D eigenvalue weighted by Crippen LogP contribution is -2.36. The van der Waals surface area contributed by atoms with Crippen molar-refractivity contribution in [1.29, 1.82) is 0 Å². The molecule has 0 aromatic rings. The highest BCUT2D eigenvalue weighted by Gasteiger charge is 2.30. The Hall–Kier alpha value is -0.570. The number of likely N-dealkylation sites (N-methyl/N-ethyl adjacent to an activating group) is 1. The minimum absolute atomic E-state index is 0.276. The van der Waals surface area contributed by atoms with E-state index >= 15 is 0 Å². The van der Waals surface area contributed by atoms with Gasteiger partial charge in [-0.1, -0.05) is 13.3 Å². The standard InChI is InChI=1S/C9H18N2O/c1-4-5-6-11-8(2)10(3)7-9(11)12/h8H,4-7H2,1-3H3. The molecule has 3 heteroatoms. The maximum Gasteiger partial charge on any atom is 0.238 e. The lowest BCUT2D eigenvalue weighted by molar-refractivity contribution is -0.127. The fourth-order valence-electron chi connectivity index (χ4n) is 1.52. The molecular weight excluding hydrogens is 152 g/mol. The molecule has 0 radical (unpaired) electrons. The van der Waals surface area contributed by atoms with Crippen LogP contribution in [0.5, 0.6) is 0 Å². The van der Waals surface area contributed by atoms with Crippen LogP contribution in [0.15, 0.2) is 0 Å². The Morgan fingerprint density at radius 2 is 2.25 bits per heavy atom. The molecule has 0 aromatic carbocycles. The Kier molecular flexibility index (Phi) is 3.09. The van der Waals surface area contributed by atoms with Crippen molar-refractivity contribution in [2.75, 3.05) is 20.1 Å². The van der Waals surface area contributed by atoms with Crippen LogP contribution in [-0.4, -0.2) is 42.0 Å². The summed E-state index contributed by atoms with van der Waals surface area (Å²) in [4.78, 5) is 15.4. The molecule has 12 heavy (non-hydrogen) atoms. The number of rotatable bonds is 3. The normalized spacial score (nSPS) is 25.4. The topological polar surface area (TPSA) is 23.6 Å². The average molecular weight is 170 g/mol. The van der Waals surface area contributed by atoms with Crippen LogP contribution in [0.3, 0.4) is 0 Å². The van der Waals surface area contributed by atoms with E-state index in [-0.39, 0.29) is 5.91 Å². The number of carbonyl (C=O) groups is 1. The van der Waals surface area contributed by atoms with Crippen molar-refractivity contribution in [3.05, 3.63) is 0 Å². The number of hydrogen-bond donors (Lipinski definition) is 0. The monoisotopic (exact) mass is 170 g/mol. The summed E-state index contributed by atoms with van der Waals surface area (Å²) in [6, 6.07) is 0. The van der Waals surface area contributed by atoms with Gasteiger partial charge in [-0.2, -0.15) is 0 Å². The van der Waals surface area contributed by atoms with E-state index in [4.69, 9.17) is 0 Å². The number of nitrogens with zero attached hydrogens (tertiary/aromatic N) is 2. The van der Waals surface area contributed by atoms with E-state index in [0.29, 0.717) is 12.7 Å². The third-order valence-electron chi connectivity index (χ3n) is 2.55. The van der Waals surface area contributed by atoms with Crippen molar-refractivity contribution in [2.24, 2.45) is 0 Å². The van der Waals surface area contributed by atoms with Crippen molar-refractivity contribution in [2.45, 2.75) is 32.9 Å². The average Bonchev–Trinajstić information content (AvgIpc) is 2.25. The van der Waals surface area contributed by atoms with Crippen molar-refractivity contribution >= 4 is 5.91 Å². The molecule has 3 nitrogen and oxygen atoms in total. The zero-order chi connectivity index (χ0) is 9.14. The second kappa shape index (κ2) is 3.90. The molecule has 0 saturated carbocycles. The summed E-state index contributed by atoms with van der Waals surface area (Å²) < 4.78 is 0. The van der Waals surface area contributed by atoms with Crippen molar-refractivity contribution in [3.8, 4) is 0 Å². The zero-order valence-corrected chi connectivity index (χ0v) is 8.21. The maximum atomic E-state index is 11.4. The van der Waals surface area contributed by atoms with Crippen molar-refractivity contribution < 1.29 is 4.79 Å². The summed E-state index contributed by atoms with van der Waals surface area (Å²) in [5.41, 5.74) is 0. The van der Waals surface area contributed by atoms with Crippen LogP contribution in [0.25, 0.3) is 0 Å². The first kappa shape index (κ1) is 9.52. The highest BCUT2D eigenvalue weighted by Crippen LogP contribution is 2.13. The lowest BCUT2D eigenvalue weighted by Gasteiger charge is -2.23. The van der Waals surface area contributed by atoms with Gasteiger partial charge in [0.25, 0.3) is 0 Å². The van der Waals surface area contributed by atoms with Gasteiger partial charge in [0.2, 0.25) is 5.91 Å². The summed E-state index contributed by atoms with van der Waals surface area (Å²) in [7, 11) is 1.99. The van der Waals surface area contributed by atoms with Crippen LogP contribution in [-0.2, 0) is 4.79 Å². The van der Waals surface area contributed by atoms with Crippen LogP contribution in [0.2, 0.25) is 0 Å². The fraction of sp³-hybridized carbons (Fsp3) is 0.889. The quantitative estimate of drug-likeness (QED) is 0.628. The van der Waals surface area contributed by atoms with E-state index in [0.717, 1.165) is 19.4 Å². The molecule has 0 aliphatic carbocycles. The second-order valence-corrected chi connectivity index (χ2v) is 3.49. The predicted octanol–water partition coefficient (Wildman–Crippen LogP) is 0.906. The number of unbranched alkanes of at least 4 members (excludes halogenated alkanes) is 1. The van der Waals surface area contributed by atoms with Crippen LogP contribution in [0.4, 0.5) is 0 Å². The predicted molar refractivity (Wildman–Crippen MR) is 48.7 cm³/mol. The lowest BCUT2D eigenvalue weighted by atomic mass is 10.3. The van der Waals surface area contributed by atoms with E-state index in [9.17, 15) is 4.79 Å². The van der Waals surface area contributed by atoms with E-state index < -0.39 is 0 Å². The van der Waals surface area contributed by atoms with Crippen LogP contribution in [0, 0.1) is 0 Å². The molecule has 1 aliphatic rings. The molecule has 0 bridgehead atoms. The van der Waals surface area contributed by atoms with Gasteiger partial charge in [-0.15, -0.1) is 0 Å². The van der Waals surface area contributed by atoms with Gasteiger partial charge in [0.05, 0.1) is 12.7 Å². The first-order valence-electron chi connectivity index (χ1n) is 4.66. The molecule has 0 aromatic heterocycles. The molecular formula is C9H18N2O. The van der Waals surface area contributed by atoms with Crippen molar-refractivity contribution in [1.82, 2.24) is 9.80 Å². The molecule has 0 N–H and O–H groups in total. The zero-order valence-electron chi connectivity index (χ0n) is 8.21. The Morgan fingerprint density at radius 1 is 1.58 bits per heavy atom. The molecule has 70 valence electrons. The first-order chi connectivity index (χ1) is 5.66. The fourth-order valence-corrected chi connectivity index (χ4v) is 1.52. The number of carbonyl (C=O) groups excluding carboxylic acids is 1. The highest BCUT2D eigenvalue weighted by atomic mass is 16.2. The smallest absolute Gasteiger partial charge is 0.238 e. The third kappa shape index (κ3) is 1.78. The summed E-state index contributed by atoms with van der Waals surface area (Å²) in [5, 5.41) is 0. The summed E-state index contributed by atoms with van der Waals surface area (Å²) in [6.45, 7) is 5.74. The molecule has 1 saturated heterocycles. The first-order valence-corrected chi connectivity index (χ1v) is 4.66. The van der Waals surface area contributed by atoms with E-state index in [1.54, 1.807) is 0 Å². The van der Waals surface area contributed by atoms with E-state index in [2.05, 4.69) is 18.7 Å². The van der Waals surface area contributed by atoms with Crippen LogP contribution in [0.1, 0.15) is 26.7 Å². The Labute approximate surface area is 74.3 Å². The van der Waals surface area contributed by atoms with Gasteiger partial charge >= 0.3 is 0 Å². The molecule has 1 fully saturated rings. The number of hydrogen-bond acceptors (Lipinski definition) is 2. The molecule has 0 spiro atoms. The van der Waals surface area contributed by atoms with Crippen molar-refractivity contribution in [3.63, 3.8) is 0 Å². The van der Waals surface area contributed by atoms with Crippen LogP contribution >= 0.6 is 0 Å². The Bertz CT molecular complexity index is 170. The van der Waals surface area contributed by atoms with Gasteiger partial charge in [-0.25, -0.2) is 0 Å². The van der Waals surface area contributed by atoms with Gasteiger partial charge in [-0.3, -0.25) is 9.69 Å². The van der Waals surface area contributed by atoms with Gasteiger partial charge in [0, 0.05) is 6.54 Å². The molecule has 1 amide bonds. The molecule has 1 atom stereocenters. The highest BCUT2D eigenvalue weighted by molar-refractivity contribution is 5.80. The number of amides is 1. The van der Waals surface area contributed by atoms with Gasteiger partial charge in [0.1, 0.15) is 0 Å². The van der Waals surface area contributed by atoms with Gasteiger partial charge in [0.15, 0.2) is 0 Å². The Balaban J connectivity index is 2.46. The molecule has 1 rings (SSSR count). The van der Waals surface area contributed by atoms with Gasteiger partial charge in [-0.05, 0) is 20.4 Å². The SMILES string of the molecule is CCCCN1C(=O)CN(C)C1C. The maximum absolute atomic E-state index is 11.4. The van der Waals surface area contributed by atoms with Gasteiger partial charge < -0.3 is 4.90 Å². The third-order valence-corrected chi connectivity index (χ3v) is 2.55. The van der Waals surface area contributed by atoms with E-state index in [1.165, 1.54) is 0 Å². The largest absolute Gasteiger partial charge is 0.326 e.